The van der Waals surface area contributed by atoms with Crippen molar-refractivity contribution in [2.45, 2.75) is 26.7 Å². The van der Waals surface area contributed by atoms with Crippen molar-refractivity contribution < 1.29 is 0 Å². The summed E-state index contributed by atoms with van der Waals surface area (Å²) in [5, 5.41) is 9.36. The first kappa shape index (κ1) is 13.0. The van der Waals surface area contributed by atoms with Crippen molar-refractivity contribution in [3.05, 3.63) is 33.6 Å². The first-order valence-electron chi connectivity index (χ1n) is 5.69. The van der Waals surface area contributed by atoms with Gasteiger partial charge in [0.2, 0.25) is 0 Å². The molecule has 5 heteroatoms. The van der Waals surface area contributed by atoms with E-state index in [1.54, 1.807) is 6.07 Å². The van der Waals surface area contributed by atoms with Gasteiger partial charge in [-0.1, -0.05) is 18.5 Å². The molecule has 2 aromatic rings. The summed E-state index contributed by atoms with van der Waals surface area (Å²) in [6.07, 6.45) is 1.79. The summed E-state index contributed by atoms with van der Waals surface area (Å²) in [6.45, 7) is 3.98. The predicted molar refractivity (Wildman–Crippen MR) is 73.8 cm³/mol. The van der Waals surface area contributed by atoms with Crippen molar-refractivity contribution in [2.24, 2.45) is 0 Å². The Morgan fingerprint density at radius 3 is 2.78 bits per heavy atom. The van der Waals surface area contributed by atoms with Crippen LogP contribution in [0.15, 0.2) is 12.1 Å². The van der Waals surface area contributed by atoms with Gasteiger partial charge in [0.25, 0.3) is 0 Å². The normalized spacial score (nSPS) is 10.3. The van der Waals surface area contributed by atoms with E-state index in [0.717, 1.165) is 34.8 Å². The van der Waals surface area contributed by atoms with Gasteiger partial charge in [-0.25, -0.2) is 9.97 Å². The number of thiophene rings is 1. The van der Waals surface area contributed by atoms with Crippen molar-refractivity contribution in [1.29, 1.82) is 5.26 Å². The molecule has 0 atom stereocenters. The molecule has 2 aromatic heterocycles. The molecule has 2 heterocycles. The van der Waals surface area contributed by atoms with Gasteiger partial charge in [0.1, 0.15) is 21.9 Å². The molecule has 0 saturated heterocycles. The van der Waals surface area contributed by atoms with Gasteiger partial charge < -0.3 is 0 Å². The Morgan fingerprint density at radius 2 is 2.17 bits per heavy atom. The first-order chi connectivity index (χ1) is 8.65. The molecule has 0 spiro atoms. The van der Waals surface area contributed by atoms with Crippen LogP contribution in [0.4, 0.5) is 0 Å². The zero-order valence-corrected chi connectivity index (χ0v) is 11.8. The van der Waals surface area contributed by atoms with E-state index < -0.39 is 0 Å². The maximum absolute atomic E-state index is 8.86. The number of aromatic nitrogens is 2. The van der Waals surface area contributed by atoms with Gasteiger partial charge in [-0.15, -0.1) is 11.3 Å². The molecule has 0 aliphatic carbocycles. The molecular weight excluding hydrogens is 266 g/mol. The molecule has 0 bridgehead atoms. The van der Waals surface area contributed by atoms with Crippen molar-refractivity contribution in [3.63, 3.8) is 0 Å². The number of nitriles is 1. The average molecular weight is 278 g/mol. The highest BCUT2D eigenvalue weighted by atomic mass is 35.5. The van der Waals surface area contributed by atoms with E-state index in [4.69, 9.17) is 16.9 Å². The second-order valence-electron chi connectivity index (χ2n) is 3.93. The predicted octanol–water partition coefficient (Wildman–Crippen LogP) is 3.99. The molecule has 92 valence electrons. The van der Waals surface area contributed by atoms with Crippen LogP contribution in [0.25, 0.3) is 10.6 Å². The molecule has 0 unspecified atom stereocenters. The molecule has 0 aromatic carbocycles. The third kappa shape index (κ3) is 2.53. The molecule has 18 heavy (non-hydrogen) atoms. The first-order valence-corrected chi connectivity index (χ1v) is 6.88. The van der Waals surface area contributed by atoms with Crippen LogP contribution in [0.2, 0.25) is 5.15 Å². The largest absolute Gasteiger partial charge is 0.232 e. The molecule has 0 fully saturated rings. The Balaban J connectivity index is 2.52. The Morgan fingerprint density at radius 1 is 1.39 bits per heavy atom. The number of hydrogen-bond acceptors (Lipinski definition) is 4. The van der Waals surface area contributed by atoms with Gasteiger partial charge >= 0.3 is 0 Å². The number of aryl methyl sites for hydroxylation is 1. The Bertz CT molecular complexity index is 613. The summed E-state index contributed by atoms with van der Waals surface area (Å²) >= 11 is 7.56. The van der Waals surface area contributed by atoms with E-state index in [1.807, 2.05) is 13.0 Å². The third-order valence-corrected chi connectivity index (χ3v) is 3.92. The van der Waals surface area contributed by atoms with Gasteiger partial charge in [0.05, 0.1) is 10.6 Å². The van der Waals surface area contributed by atoms with Crippen molar-refractivity contribution >= 4 is 22.9 Å². The lowest BCUT2D eigenvalue weighted by molar-refractivity contribution is 0.833. The van der Waals surface area contributed by atoms with E-state index >= 15 is 0 Å². The maximum Gasteiger partial charge on any atom is 0.136 e. The second kappa shape index (κ2) is 5.47. The van der Waals surface area contributed by atoms with Crippen LogP contribution in [-0.2, 0) is 6.42 Å². The molecule has 0 aliphatic heterocycles. The monoisotopic (exact) mass is 277 g/mol. The van der Waals surface area contributed by atoms with Crippen molar-refractivity contribution in [3.8, 4) is 16.6 Å². The molecule has 0 aliphatic rings. The molecular formula is C13H12ClN3S. The quantitative estimate of drug-likeness (QED) is 0.797. The molecule has 0 radical (unpaired) electrons. The second-order valence-corrected chi connectivity index (χ2v) is 5.37. The van der Waals surface area contributed by atoms with Crippen LogP contribution in [0, 0.1) is 18.3 Å². The number of rotatable bonds is 3. The lowest BCUT2D eigenvalue weighted by atomic mass is 10.2. The zero-order chi connectivity index (χ0) is 13.1. The summed E-state index contributed by atoms with van der Waals surface area (Å²) in [5.41, 5.74) is 1.70. The van der Waals surface area contributed by atoms with E-state index in [2.05, 4.69) is 23.0 Å². The van der Waals surface area contributed by atoms with E-state index in [-0.39, 0.29) is 0 Å². The average Bonchev–Trinajstić information content (AvgIpc) is 2.82. The highest BCUT2D eigenvalue weighted by Crippen LogP contribution is 2.31. The van der Waals surface area contributed by atoms with Gasteiger partial charge in [-0.05, 0) is 25.5 Å². The summed E-state index contributed by atoms with van der Waals surface area (Å²) in [4.78, 5) is 10.5. The Hall–Kier alpha value is -1.44. The summed E-state index contributed by atoms with van der Waals surface area (Å²) in [6, 6.07) is 5.84. The van der Waals surface area contributed by atoms with Gasteiger partial charge in [-0.3, -0.25) is 0 Å². The van der Waals surface area contributed by atoms with Crippen LogP contribution in [0.3, 0.4) is 0 Å². The number of hydrogen-bond donors (Lipinski definition) is 0. The fourth-order valence-electron chi connectivity index (χ4n) is 1.63. The van der Waals surface area contributed by atoms with Crippen molar-refractivity contribution in [2.75, 3.05) is 0 Å². The Labute approximate surface area is 115 Å². The molecule has 0 saturated carbocycles. The molecule has 3 nitrogen and oxygen atoms in total. The minimum absolute atomic E-state index is 0.496. The molecule has 0 amide bonds. The van der Waals surface area contributed by atoms with E-state index in [0.29, 0.717) is 10.0 Å². The van der Waals surface area contributed by atoms with Crippen LogP contribution in [0.1, 0.15) is 29.6 Å². The number of nitrogens with zero attached hydrogens (tertiary/aromatic N) is 3. The number of halogens is 1. The molecule has 2 rings (SSSR count). The lowest BCUT2D eigenvalue weighted by Crippen LogP contribution is -1.99. The van der Waals surface area contributed by atoms with Gasteiger partial charge in [0, 0.05) is 12.0 Å². The van der Waals surface area contributed by atoms with Crippen LogP contribution in [-0.4, -0.2) is 9.97 Å². The highest BCUT2D eigenvalue weighted by molar-refractivity contribution is 7.16. The summed E-state index contributed by atoms with van der Waals surface area (Å²) < 4.78 is 0. The van der Waals surface area contributed by atoms with Gasteiger partial charge in [0.15, 0.2) is 0 Å². The fraction of sp³-hybridized carbons (Fsp3) is 0.308. The van der Waals surface area contributed by atoms with Crippen molar-refractivity contribution in [1.82, 2.24) is 9.97 Å². The summed E-state index contributed by atoms with van der Waals surface area (Å²) in [5.74, 6) is 0.759. The lowest BCUT2D eigenvalue weighted by Gasteiger charge is -2.07. The minimum atomic E-state index is 0.496. The topological polar surface area (TPSA) is 49.6 Å². The standard InChI is InChI=1S/C13H12ClN3S/c1-3-4-11-16-12(8(2)13(14)17-11)10-6-5-9(7-15)18-10/h5-6H,3-4H2,1-2H3. The SMILES string of the molecule is CCCc1nc(Cl)c(C)c(-c2ccc(C#N)s2)n1. The smallest absolute Gasteiger partial charge is 0.136 e. The maximum atomic E-state index is 8.86. The van der Waals surface area contributed by atoms with Crippen LogP contribution < -0.4 is 0 Å². The van der Waals surface area contributed by atoms with Gasteiger partial charge in [-0.2, -0.15) is 5.26 Å². The minimum Gasteiger partial charge on any atom is -0.232 e. The van der Waals surface area contributed by atoms with E-state index in [1.165, 1.54) is 11.3 Å². The Kier molecular flexibility index (Phi) is 3.95. The van der Waals surface area contributed by atoms with Crippen LogP contribution >= 0.6 is 22.9 Å². The van der Waals surface area contributed by atoms with E-state index in [9.17, 15) is 0 Å². The van der Waals surface area contributed by atoms with Crippen LogP contribution in [0.5, 0.6) is 0 Å². The molecule has 0 N–H and O–H groups in total. The fourth-order valence-corrected chi connectivity index (χ4v) is 2.67. The highest BCUT2D eigenvalue weighted by Gasteiger charge is 2.13. The third-order valence-electron chi connectivity index (χ3n) is 2.56. The zero-order valence-electron chi connectivity index (χ0n) is 10.2. The summed E-state index contributed by atoms with van der Waals surface area (Å²) in [7, 11) is 0.